The van der Waals surface area contributed by atoms with E-state index in [2.05, 4.69) is 60.4 Å². The van der Waals surface area contributed by atoms with Crippen LogP contribution in [-0.2, 0) is 23.2 Å². The SMILES string of the molecule is COc1ccc2c(c1)C1(CCOCc3ccccc3)CCN(CC3CC3)C(C2)C1C. The zero-order valence-corrected chi connectivity index (χ0v) is 18.5. The molecule has 1 aliphatic heterocycles. The van der Waals surface area contributed by atoms with Gasteiger partial charge in [-0.3, -0.25) is 4.90 Å². The Morgan fingerprint density at radius 3 is 2.70 bits per heavy atom. The van der Waals surface area contributed by atoms with E-state index in [1.54, 1.807) is 7.11 Å². The van der Waals surface area contributed by atoms with Crippen LogP contribution in [0.2, 0.25) is 0 Å². The Morgan fingerprint density at radius 1 is 1.10 bits per heavy atom. The molecule has 0 spiro atoms. The molecule has 1 heterocycles. The minimum Gasteiger partial charge on any atom is -0.497 e. The number of ether oxygens (including phenoxy) is 2. The van der Waals surface area contributed by atoms with E-state index >= 15 is 0 Å². The van der Waals surface area contributed by atoms with Gasteiger partial charge < -0.3 is 9.47 Å². The largest absolute Gasteiger partial charge is 0.497 e. The minimum atomic E-state index is 0.198. The summed E-state index contributed by atoms with van der Waals surface area (Å²) in [6.45, 7) is 6.55. The third-order valence-corrected chi connectivity index (χ3v) is 8.04. The molecule has 2 aromatic rings. The fourth-order valence-corrected chi connectivity index (χ4v) is 6.02. The van der Waals surface area contributed by atoms with Crippen LogP contribution in [0.25, 0.3) is 0 Å². The Morgan fingerprint density at radius 2 is 1.93 bits per heavy atom. The molecule has 2 aliphatic carbocycles. The predicted molar refractivity (Wildman–Crippen MR) is 121 cm³/mol. The molecule has 30 heavy (non-hydrogen) atoms. The molecule has 1 saturated carbocycles. The number of hydrogen-bond acceptors (Lipinski definition) is 3. The first-order valence-electron chi connectivity index (χ1n) is 11.7. The lowest BCUT2D eigenvalue weighted by Gasteiger charge is -2.56. The number of rotatable bonds is 8. The van der Waals surface area contributed by atoms with E-state index in [0.717, 1.165) is 24.7 Å². The third-order valence-electron chi connectivity index (χ3n) is 8.04. The highest BCUT2D eigenvalue weighted by molar-refractivity contribution is 5.45. The second-order valence-corrected chi connectivity index (χ2v) is 9.72. The molecule has 3 atom stereocenters. The van der Waals surface area contributed by atoms with Gasteiger partial charge >= 0.3 is 0 Å². The molecule has 160 valence electrons. The molecule has 0 N–H and O–H groups in total. The Kier molecular flexibility index (Phi) is 5.59. The number of hydrogen-bond donors (Lipinski definition) is 0. The highest BCUT2D eigenvalue weighted by atomic mass is 16.5. The van der Waals surface area contributed by atoms with Gasteiger partial charge in [-0.25, -0.2) is 0 Å². The van der Waals surface area contributed by atoms with Crippen LogP contribution in [0.4, 0.5) is 0 Å². The molecule has 5 rings (SSSR count). The highest BCUT2D eigenvalue weighted by Gasteiger charge is 2.51. The molecular weight excluding hydrogens is 370 g/mol. The van der Waals surface area contributed by atoms with Gasteiger partial charge in [0, 0.05) is 24.6 Å². The van der Waals surface area contributed by atoms with Crippen LogP contribution in [0, 0.1) is 11.8 Å². The van der Waals surface area contributed by atoms with Crippen LogP contribution < -0.4 is 4.74 Å². The van der Waals surface area contributed by atoms with Crippen molar-refractivity contribution in [2.24, 2.45) is 11.8 Å². The molecule has 3 unspecified atom stereocenters. The van der Waals surface area contributed by atoms with Crippen molar-refractivity contribution >= 4 is 0 Å². The van der Waals surface area contributed by atoms with Crippen molar-refractivity contribution in [2.45, 2.75) is 57.1 Å². The second-order valence-electron chi connectivity index (χ2n) is 9.72. The smallest absolute Gasteiger partial charge is 0.119 e. The second kappa shape index (κ2) is 8.36. The van der Waals surface area contributed by atoms with Crippen molar-refractivity contribution in [1.82, 2.24) is 4.90 Å². The van der Waals surface area contributed by atoms with E-state index in [-0.39, 0.29) is 5.41 Å². The van der Waals surface area contributed by atoms with E-state index < -0.39 is 0 Å². The lowest BCUT2D eigenvalue weighted by atomic mass is 9.56. The standard InChI is InChI=1S/C27H35NO2/c1-20-26-16-23-10-11-24(29-2)17-25(23)27(20,12-14-28(26)18-21-8-9-21)13-15-30-19-22-6-4-3-5-7-22/h3-7,10-11,17,20-21,26H,8-9,12-16,18-19H2,1-2H3. The van der Waals surface area contributed by atoms with Gasteiger partial charge in [-0.2, -0.15) is 0 Å². The van der Waals surface area contributed by atoms with Crippen LogP contribution in [0.1, 0.15) is 49.3 Å². The molecule has 0 radical (unpaired) electrons. The molecular formula is C27H35NO2. The predicted octanol–water partition coefficient (Wildman–Crippen LogP) is 5.22. The summed E-state index contributed by atoms with van der Waals surface area (Å²) < 4.78 is 11.8. The first-order chi connectivity index (χ1) is 14.7. The van der Waals surface area contributed by atoms with E-state index in [1.807, 2.05) is 0 Å². The highest BCUT2D eigenvalue weighted by Crippen LogP contribution is 2.52. The normalized spacial score (nSPS) is 28.2. The van der Waals surface area contributed by atoms with E-state index in [9.17, 15) is 0 Å². The molecule has 3 aliphatic rings. The van der Waals surface area contributed by atoms with Crippen LogP contribution in [0.15, 0.2) is 48.5 Å². The third kappa shape index (κ3) is 3.78. The Balaban J connectivity index is 1.37. The number of nitrogens with zero attached hydrogens (tertiary/aromatic N) is 1. The summed E-state index contributed by atoms with van der Waals surface area (Å²) in [5, 5.41) is 0. The monoisotopic (exact) mass is 405 g/mol. The van der Waals surface area contributed by atoms with E-state index in [1.165, 1.54) is 55.5 Å². The van der Waals surface area contributed by atoms with Crippen molar-refractivity contribution in [3.05, 3.63) is 65.2 Å². The van der Waals surface area contributed by atoms with Crippen molar-refractivity contribution in [3.63, 3.8) is 0 Å². The van der Waals surface area contributed by atoms with Gasteiger partial charge in [0.15, 0.2) is 0 Å². The van der Waals surface area contributed by atoms with Crippen molar-refractivity contribution < 1.29 is 9.47 Å². The van der Waals surface area contributed by atoms with Gasteiger partial charge in [0.1, 0.15) is 5.75 Å². The fourth-order valence-electron chi connectivity index (χ4n) is 6.02. The quantitative estimate of drug-likeness (QED) is 0.562. The number of piperidine rings is 1. The maximum atomic E-state index is 6.19. The average Bonchev–Trinajstić information content (AvgIpc) is 3.59. The van der Waals surface area contributed by atoms with Gasteiger partial charge in [-0.15, -0.1) is 0 Å². The fraction of sp³-hybridized carbons (Fsp3) is 0.556. The summed E-state index contributed by atoms with van der Waals surface area (Å²) in [7, 11) is 1.78. The zero-order valence-electron chi connectivity index (χ0n) is 18.5. The number of benzene rings is 2. The molecule has 2 bridgehead atoms. The van der Waals surface area contributed by atoms with Gasteiger partial charge in [-0.05, 0) is 79.3 Å². The molecule has 2 aromatic carbocycles. The van der Waals surface area contributed by atoms with Gasteiger partial charge in [0.2, 0.25) is 0 Å². The van der Waals surface area contributed by atoms with Crippen LogP contribution >= 0.6 is 0 Å². The lowest BCUT2D eigenvalue weighted by molar-refractivity contribution is -0.00214. The zero-order chi connectivity index (χ0) is 20.6. The molecule has 2 fully saturated rings. The van der Waals surface area contributed by atoms with Crippen molar-refractivity contribution in [3.8, 4) is 5.75 Å². The van der Waals surface area contributed by atoms with Gasteiger partial charge in [0.05, 0.1) is 13.7 Å². The van der Waals surface area contributed by atoms with Crippen molar-refractivity contribution in [2.75, 3.05) is 26.8 Å². The Hall–Kier alpha value is -1.84. The topological polar surface area (TPSA) is 21.7 Å². The first-order valence-corrected chi connectivity index (χ1v) is 11.7. The summed E-state index contributed by atoms with van der Waals surface area (Å²) in [5.74, 6) is 2.59. The Labute approximate surface area is 181 Å². The van der Waals surface area contributed by atoms with E-state index in [4.69, 9.17) is 9.47 Å². The summed E-state index contributed by atoms with van der Waals surface area (Å²) in [5.41, 5.74) is 4.51. The Bertz CT molecular complexity index is 862. The first kappa shape index (κ1) is 20.1. The van der Waals surface area contributed by atoms with Gasteiger partial charge in [0.25, 0.3) is 0 Å². The summed E-state index contributed by atoms with van der Waals surface area (Å²) in [6, 6.07) is 18.0. The molecule has 1 saturated heterocycles. The molecule has 3 nitrogen and oxygen atoms in total. The number of fused-ring (bicyclic) bond motifs is 4. The van der Waals surface area contributed by atoms with Crippen LogP contribution in [0.3, 0.4) is 0 Å². The van der Waals surface area contributed by atoms with Crippen LogP contribution in [0.5, 0.6) is 5.75 Å². The maximum absolute atomic E-state index is 6.19. The van der Waals surface area contributed by atoms with Gasteiger partial charge in [-0.1, -0.05) is 43.3 Å². The summed E-state index contributed by atoms with van der Waals surface area (Å²) in [4.78, 5) is 2.82. The summed E-state index contributed by atoms with van der Waals surface area (Å²) >= 11 is 0. The average molecular weight is 406 g/mol. The number of likely N-dealkylation sites (tertiary alicyclic amines) is 1. The summed E-state index contributed by atoms with van der Waals surface area (Å²) in [6.07, 6.45) is 6.37. The van der Waals surface area contributed by atoms with Crippen LogP contribution in [-0.4, -0.2) is 37.7 Å². The lowest BCUT2D eigenvalue weighted by Crippen LogP contribution is -2.59. The molecule has 0 aromatic heterocycles. The molecule has 0 amide bonds. The van der Waals surface area contributed by atoms with E-state index in [0.29, 0.717) is 18.6 Å². The number of methoxy groups -OCH3 is 1. The maximum Gasteiger partial charge on any atom is 0.119 e. The molecule has 3 heteroatoms. The minimum absolute atomic E-state index is 0.198. The van der Waals surface area contributed by atoms with Crippen molar-refractivity contribution in [1.29, 1.82) is 0 Å².